The fraction of sp³-hybridized carbons (Fsp3) is 0.273. The van der Waals surface area contributed by atoms with Gasteiger partial charge < -0.3 is 9.64 Å². The number of halogens is 3. The van der Waals surface area contributed by atoms with Crippen molar-refractivity contribution in [2.75, 3.05) is 20.2 Å². The zero-order valence-corrected chi connectivity index (χ0v) is 16.5. The molecule has 9 heteroatoms. The normalized spacial score (nSPS) is 18.9. The lowest BCUT2D eigenvalue weighted by atomic mass is 9.86. The van der Waals surface area contributed by atoms with E-state index in [1.165, 1.54) is 6.07 Å². The van der Waals surface area contributed by atoms with Crippen LogP contribution in [0.3, 0.4) is 0 Å². The van der Waals surface area contributed by atoms with Crippen LogP contribution in [0.1, 0.15) is 16.8 Å². The van der Waals surface area contributed by atoms with E-state index in [0.29, 0.717) is 22.3 Å². The molecule has 1 unspecified atom stereocenters. The lowest BCUT2D eigenvalue weighted by Gasteiger charge is -2.28. The van der Waals surface area contributed by atoms with Gasteiger partial charge in [-0.15, -0.1) is 0 Å². The third-order valence-corrected chi connectivity index (χ3v) is 5.55. The Morgan fingerprint density at radius 3 is 2.52 bits per heavy atom. The molecule has 1 aliphatic heterocycles. The average Bonchev–Trinajstić information content (AvgIpc) is 3.25. The Balaban J connectivity index is 1.77. The summed E-state index contributed by atoms with van der Waals surface area (Å²) in [5.74, 6) is -1.99. The molecule has 0 radical (unpaired) electrons. The number of esters is 1. The Kier molecular flexibility index (Phi) is 5.12. The molecule has 0 bridgehead atoms. The van der Waals surface area contributed by atoms with Crippen molar-refractivity contribution in [2.45, 2.75) is 12.6 Å². The molecule has 1 atom stereocenters. The van der Waals surface area contributed by atoms with Crippen molar-refractivity contribution < 1.29 is 27.5 Å². The highest BCUT2D eigenvalue weighted by atomic mass is 19.4. The second kappa shape index (κ2) is 7.64. The molecule has 6 nitrogen and oxygen atoms in total. The number of alkyl halides is 3. The summed E-state index contributed by atoms with van der Waals surface area (Å²) in [6.07, 6.45) is -3.80. The summed E-state index contributed by atoms with van der Waals surface area (Å²) < 4.78 is 45.8. The van der Waals surface area contributed by atoms with Crippen molar-refractivity contribution in [2.24, 2.45) is 5.41 Å². The second-order valence-corrected chi connectivity index (χ2v) is 7.34. The Labute approximate surface area is 175 Å². The number of methoxy groups -OCH3 is 1. The van der Waals surface area contributed by atoms with Gasteiger partial charge in [-0.3, -0.25) is 14.6 Å². The summed E-state index contributed by atoms with van der Waals surface area (Å²) >= 11 is 0. The van der Waals surface area contributed by atoms with Crippen LogP contribution in [0.15, 0.2) is 54.7 Å². The van der Waals surface area contributed by atoms with E-state index in [4.69, 9.17) is 0 Å². The number of pyridine rings is 2. The summed E-state index contributed by atoms with van der Waals surface area (Å²) in [6, 6.07) is 13.7. The van der Waals surface area contributed by atoms with Crippen LogP contribution in [0.25, 0.3) is 22.3 Å². The smallest absolute Gasteiger partial charge is 0.406 e. The molecule has 1 aromatic carbocycles. The van der Waals surface area contributed by atoms with Gasteiger partial charge >= 0.3 is 12.1 Å². The van der Waals surface area contributed by atoms with Crippen molar-refractivity contribution in [3.63, 3.8) is 0 Å². The number of fused-ring (bicyclic) bond motifs is 1. The highest BCUT2D eigenvalue weighted by Gasteiger charge is 2.64. The molecule has 1 amide bonds. The van der Waals surface area contributed by atoms with Crippen molar-refractivity contribution in [1.29, 1.82) is 0 Å². The van der Waals surface area contributed by atoms with E-state index in [2.05, 4.69) is 14.7 Å². The predicted molar refractivity (Wildman–Crippen MR) is 106 cm³/mol. The van der Waals surface area contributed by atoms with Crippen LogP contribution in [-0.2, 0) is 9.53 Å². The molecule has 0 saturated carbocycles. The van der Waals surface area contributed by atoms with Crippen molar-refractivity contribution >= 4 is 22.8 Å². The van der Waals surface area contributed by atoms with Crippen LogP contribution in [0.4, 0.5) is 13.2 Å². The van der Waals surface area contributed by atoms with Crippen LogP contribution in [0.5, 0.6) is 0 Å². The fourth-order valence-electron chi connectivity index (χ4n) is 3.86. The van der Waals surface area contributed by atoms with Gasteiger partial charge in [0, 0.05) is 24.7 Å². The molecule has 0 aliphatic carbocycles. The van der Waals surface area contributed by atoms with Crippen molar-refractivity contribution in [1.82, 2.24) is 14.9 Å². The van der Waals surface area contributed by atoms with E-state index in [-0.39, 0.29) is 12.1 Å². The first-order chi connectivity index (χ1) is 14.8. The quantitative estimate of drug-likeness (QED) is 0.591. The van der Waals surface area contributed by atoms with E-state index >= 15 is 0 Å². The highest BCUT2D eigenvalue weighted by Crippen LogP contribution is 2.46. The SMILES string of the molecule is COC(=O)C1(C(F)(F)F)CCN(C(=O)c2cc(-c3ccccn3)nc3ccccc23)C1. The van der Waals surface area contributed by atoms with Crippen LogP contribution in [0, 0.1) is 5.41 Å². The summed E-state index contributed by atoms with van der Waals surface area (Å²) in [5.41, 5.74) is -1.05. The number of para-hydroxylation sites is 1. The molecule has 4 rings (SSSR count). The van der Waals surface area contributed by atoms with Gasteiger partial charge in [0.25, 0.3) is 5.91 Å². The largest absolute Gasteiger partial charge is 0.468 e. The number of carbonyl (C=O) groups is 2. The molecular weight excluding hydrogens is 411 g/mol. The molecule has 1 saturated heterocycles. The first kappa shape index (κ1) is 20.8. The number of hydrogen-bond donors (Lipinski definition) is 0. The zero-order chi connectivity index (χ0) is 22.2. The minimum absolute atomic E-state index is 0.203. The van der Waals surface area contributed by atoms with Gasteiger partial charge in [0.1, 0.15) is 0 Å². The van der Waals surface area contributed by atoms with Gasteiger partial charge in [-0.1, -0.05) is 24.3 Å². The fourth-order valence-corrected chi connectivity index (χ4v) is 3.86. The van der Waals surface area contributed by atoms with Gasteiger partial charge in [0.15, 0.2) is 5.41 Å². The number of likely N-dealkylation sites (tertiary alicyclic amines) is 1. The lowest BCUT2D eigenvalue weighted by Crippen LogP contribution is -2.48. The number of hydrogen-bond acceptors (Lipinski definition) is 5. The standard InChI is InChI=1S/C22H18F3N3O3/c1-31-20(30)21(22(23,24)25)9-11-28(13-21)19(29)15-12-18(17-8-4-5-10-26-17)27-16-7-3-2-6-14(15)16/h2-8,10,12H,9,11,13H2,1H3. The number of rotatable bonds is 3. The molecular formula is C22H18F3N3O3. The van der Waals surface area contributed by atoms with Gasteiger partial charge in [-0.2, -0.15) is 13.2 Å². The van der Waals surface area contributed by atoms with E-state index in [1.807, 2.05) is 0 Å². The number of benzene rings is 1. The van der Waals surface area contributed by atoms with Crippen molar-refractivity contribution in [3.8, 4) is 11.4 Å². The summed E-state index contributed by atoms with van der Waals surface area (Å²) in [7, 11) is 0.913. The zero-order valence-electron chi connectivity index (χ0n) is 16.5. The third kappa shape index (κ3) is 3.49. The van der Waals surface area contributed by atoms with Crippen LogP contribution >= 0.6 is 0 Å². The molecule has 1 aliphatic rings. The maximum absolute atomic E-state index is 13.8. The van der Waals surface area contributed by atoms with Gasteiger partial charge in [-0.25, -0.2) is 4.98 Å². The van der Waals surface area contributed by atoms with Gasteiger partial charge in [0.05, 0.1) is 29.6 Å². The number of aromatic nitrogens is 2. The Morgan fingerprint density at radius 2 is 1.84 bits per heavy atom. The number of carbonyl (C=O) groups excluding carboxylic acids is 2. The number of nitrogens with zero attached hydrogens (tertiary/aromatic N) is 3. The molecule has 3 heterocycles. The molecule has 31 heavy (non-hydrogen) atoms. The molecule has 1 fully saturated rings. The van der Waals surface area contributed by atoms with Crippen LogP contribution in [-0.4, -0.2) is 53.1 Å². The highest BCUT2D eigenvalue weighted by molar-refractivity contribution is 6.07. The number of ether oxygens (including phenoxy) is 1. The topological polar surface area (TPSA) is 72.4 Å². The third-order valence-electron chi connectivity index (χ3n) is 5.55. The Hall–Kier alpha value is -3.49. The predicted octanol–water partition coefficient (Wildman–Crippen LogP) is 3.86. The van der Waals surface area contributed by atoms with E-state index < -0.39 is 36.4 Å². The van der Waals surface area contributed by atoms with Gasteiger partial charge in [0.2, 0.25) is 0 Å². The second-order valence-electron chi connectivity index (χ2n) is 7.34. The Bertz CT molecular complexity index is 1150. The minimum atomic E-state index is -4.84. The summed E-state index contributed by atoms with van der Waals surface area (Å²) in [6.45, 7) is -1.01. The van der Waals surface area contributed by atoms with Crippen LogP contribution < -0.4 is 0 Å². The number of amides is 1. The molecule has 2 aromatic heterocycles. The first-order valence-corrected chi connectivity index (χ1v) is 9.52. The Morgan fingerprint density at radius 1 is 1.10 bits per heavy atom. The summed E-state index contributed by atoms with van der Waals surface area (Å²) in [5, 5.41) is 0.509. The van der Waals surface area contributed by atoms with Gasteiger partial charge in [-0.05, 0) is 30.7 Å². The lowest BCUT2D eigenvalue weighted by molar-refractivity contribution is -0.228. The molecule has 0 N–H and O–H groups in total. The minimum Gasteiger partial charge on any atom is -0.468 e. The van der Waals surface area contributed by atoms with E-state index in [0.717, 1.165) is 12.0 Å². The van der Waals surface area contributed by atoms with Crippen LogP contribution in [0.2, 0.25) is 0 Å². The molecule has 3 aromatic rings. The monoisotopic (exact) mass is 429 g/mol. The van der Waals surface area contributed by atoms with E-state index in [9.17, 15) is 22.8 Å². The maximum atomic E-state index is 13.8. The molecule has 160 valence electrons. The average molecular weight is 429 g/mol. The van der Waals surface area contributed by atoms with Crippen molar-refractivity contribution in [3.05, 3.63) is 60.3 Å². The maximum Gasteiger partial charge on any atom is 0.406 e. The summed E-state index contributed by atoms with van der Waals surface area (Å²) in [4.78, 5) is 35.2. The molecule has 0 spiro atoms. The van der Waals surface area contributed by atoms with E-state index in [1.54, 1.807) is 48.7 Å². The first-order valence-electron chi connectivity index (χ1n) is 9.52.